The molecule has 4 aliphatic rings. The van der Waals surface area contributed by atoms with Crippen molar-refractivity contribution in [3.8, 4) is 6.07 Å². The molecule has 2 atom stereocenters. The third-order valence-electron chi connectivity index (χ3n) is 7.74. The summed E-state index contributed by atoms with van der Waals surface area (Å²) in [4.78, 5) is 16.8. The van der Waals surface area contributed by atoms with E-state index in [-0.39, 0.29) is 22.2 Å². The van der Waals surface area contributed by atoms with Gasteiger partial charge in [0.2, 0.25) is 5.91 Å². The molecule has 124 valence electrons. The second-order valence-electron chi connectivity index (χ2n) is 8.83. The molecule has 0 bridgehead atoms. The maximum Gasteiger partial charge on any atom is 0.230 e. The van der Waals surface area contributed by atoms with Crippen LogP contribution in [-0.4, -0.2) is 10.9 Å². The molecule has 1 aromatic carbocycles. The molecule has 4 fully saturated rings. The van der Waals surface area contributed by atoms with Crippen molar-refractivity contribution in [2.24, 2.45) is 16.6 Å². The van der Waals surface area contributed by atoms with Gasteiger partial charge in [0, 0.05) is 11.6 Å². The van der Waals surface area contributed by atoms with Crippen LogP contribution in [0.4, 0.5) is 0 Å². The van der Waals surface area contributed by atoms with Crippen LogP contribution in [0.5, 0.6) is 0 Å². The molecule has 1 heterocycles. The van der Waals surface area contributed by atoms with Crippen molar-refractivity contribution in [3.05, 3.63) is 41.7 Å². The van der Waals surface area contributed by atoms with Crippen LogP contribution in [0.15, 0.2) is 30.5 Å². The third-order valence-corrected chi connectivity index (χ3v) is 7.74. The van der Waals surface area contributed by atoms with Crippen molar-refractivity contribution in [2.45, 2.75) is 49.4 Å². The number of nitrogens with zero attached hydrogens (tertiary/aromatic N) is 2. The number of nitriles is 1. The van der Waals surface area contributed by atoms with Gasteiger partial charge in [0.05, 0.1) is 22.6 Å². The Hall–Kier alpha value is -2.41. The second-order valence-corrected chi connectivity index (χ2v) is 8.83. The summed E-state index contributed by atoms with van der Waals surface area (Å²) in [5, 5.41) is 11.9. The van der Waals surface area contributed by atoms with E-state index in [9.17, 15) is 10.1 Å². The lowest BCUT2D eigenvalue weighted by atomic mass is 9.90. The maximum absolute atomic E-state index is 12.2. The molecule has 0 aliphatic heterocycles. The number of nitrogens with two attached hydrogens (primary N) is 1. The summed E-state index contributed by atoms with van der Waals surface area (Å²) in [6.07, 6.45) is 8.20. The average molecular weight is 329 g/mol. The summed E-state index contributed by atoms with van der Waals surface area (Å²) in [6.45, 7) is 0. The normalized spacial score (nSPS) is 34.7. The Bertz CT molecular complexity index is 1030. The van der Waals surface area contributed by atoms with E-state index >= 15 is 0 Å². The summed E-state index contributed by atoms with van der Waals surface area (Å²) < 4.78 is 0. The minimum atomic E-state index is -0.554. The van der Waals surface area contributed by atoms with Gasteiger partial charge in [0.1, 0.15) is 0 Å². The van der Waals surface area contributed by atoms with Crippen molar-refractivity contribution in [3.63, 3.8) is 0 Å². The number of primary amides is 1. The molecular formula is C21H19N3O. The van der Waals surface area contributed by atoms with Gasteiger partial charge in [0.25, 0.3) is 0 Å². The van der Waals surface area contributed by atoms with Crippen molar-refractivity contribution >= 4 is 16.7 Å². The molecular weight excluding hydrogens is 310 g/mol. The zero-order valence-corrected chi connectivity index (χ0v) is 14.0. The topological polar surface area (TPSA) is 79.8 Å². The van der Waals surface area contributed by atoms with Crippen LogP contribution in [0.3, 0.4) is 0 Å². The molecule has 6 rings (SSSR count). The third kappa shape index (κ3) is 1.41. The summed E-state index contributed by atoms with van der Waals surface area (Å²) >= 11 is 0. The Morgan fingerprint density at radius 3 is 2.40 bits per heavy atom. The molecule has 4 nitrogen and oxygen atoms in total. The van der Waals surface area contributed by atoms with Crippen LogP contribution in [-0.2, 0) is 15.6 Å². The van der Waals surface area contributed by atoms with Crippen molar-refractivity contribution in [2.75, 3.05) is 0 Å². The van der Waals surface area contributed by atoms with Crippen LogP contribution < -0.4 is 5.73 Å². The van der Waals surface area contributed by atoms with Gasteiger partial charge >= 0.3 is 0 Å². The van der Waals surface area contributed by atoms with E-state index in [1.165, 1.54) is 12.8 Å². The van der Waals surface area contributed by atoms with E-state index in [1.54, 1.807) is 0 Å². The zero-order valence-electron chi connectivity index (χ0n) is 14.0. The van der Waals surface area contributed by atoms with Crippen LogP contribution >= 0.6 is 0 Å². The smallest absolute Gasteiger partial charge is 0.230 e. The summed E-state index contributed by atoms with van der Waals surface area (Å²) in [7, 11) is 0. The zero-order chi connectivity index (χ0) is 17.1. The Kier molecular flexibility index (Phi) is 2.06. The molecule has 0 radical (unpaired) electrons. The van der Waals surface area contributed by atoms with Crippen molar-refractivity contribution < 1.29 is 4.79 Å². The number of rotatable bonds is 3. The highest BCUT2D eigenvalue weighted by Crippen LogP contribution is 2.79. The first kappa shape index (κ1) is 13.8. The van der Waals surface area contributed by atoms with E-state index < -0.39 is 5.41 Å². The van der Waals surface area contributed by atoms with E-state index in [0.29, 0.717) is 0 Å². The molecule has 1 amide bonds. The molecule has 25 heavy (non-hydrogen) atoms. The van der Waals surface area contributed by atoms with Gasteiger partial charge in [0.15, 0.2) is 0 Å². The maximum atomic E-state index is 12.2. The van der Waals surface area contributed by atoms with E-state index in [1.807, 2.05) is 12.3 Å². The number of hydrogen-bond acceptors (Lipinski definition) is 3. The first-order chi connectivity index (χ1) is 12.0. The molecule has 2 spiro atoms. The molecule has 2 N–H and O–H groups in total. The van der Waals surface area contributed by atoms with Crippen LogP contribution in [0.25, 0.3) is 10.8 Å². The monoisotopic (exact) mass is 329 g/mol. The molecule has 0 saturated heterocycles. The Balaban J connectivity index is 1.49. The SMILES string of the molecule is N#CC1(c2ccc3cnc(C4(C(N)=O)CC45CC5)cc3c2)CC12CC2. The fraction of sp³-hybridized carbons (Fsp3) is 0.476. The Labute approximate surface area is 146 Å². The highest BCUT2D eigenvalue weighted by molar-refractivity contribution is 5.94. The number of fused-ring (bicyclic) bond motifs is 1. The molecule has 2 unspecified atom stereocenters. The summed E-state index contributed by atoms with van der Waals surface area (Å²) in [5.74, 6) is -0.236. The van der Waals surface area contributed by atoms with Crippen LogP contribution in [0.1, 0.15) is 49.8 Å². The number of hydrogen-bond donors (Lipinski definition) is 1. The number of carbonyl (C=O) groups is 1. The molecule has 4 heteroatoms. The lowest BCUT2D eigenvalue weighted by Crippen LogP contribution is -2.31. The van der Waals surface area contributed by atoms with Gasteiger partial charge in [-0.3, -0.25) is 9.78 Å². The number of pyridine rings is 1. The first-order valence-electron chi connectivity index (χ1n) is 9.13. The van der Waals surface area contributed by atoms with Crippen molar-refractivity contribution in [1.82, 2.24) is 4.98 Å². The molecule has 1 aromatic heterocycles. The van der Waals surface area contributed by atoms with Gasteiger partial charge in [-0.05, 0) is 72.4 Å². The van der Waals surface area contributed by atoms with E-state index in [0.717, 1.165) is 47.7 Å². The molecule has 4 aliphatic carbocycles. The van der Waals surface area contributed by atoms with Gasteiger partial charge in [-0.2, -0.15) is 5.26 Å². The number of benzene rings is 1. The van der Waals surface area contributed by atoms with Crippen molar-refractivity contribution in [1.29, 1.82) is 5.26 Å². The van der Waals surface area contributed by atoms with Crippen LogP contribution in [0.2, 0.25) is 0 Å². The fourth-order valence-corrected chi connectivity index (χ4v) is 5.54. The lowest BCUT2D eigenvalue weighted by Gasteiger charge is -2.15. The minimum Gasteiger partial charge on any atom is -0.369 e. The molecule has 4 saturated carbocycles. The average Bonchev–Trinajstić information content (AvgIpc) is 3.50. The Morgan fingerprint density at radius 1 is 1.08 bits per heavy atom. The number of aromatic nitrogens is 1. The van der Waals surface area contributed by atoms with Crippen LogP contribution in [0, 0.1) is 22.2 Å². The predicted molar refractivity (Wildman–Crippen MR) is 92.5 cm³/mol. The van der Waals surface area contributed by atoms with Gasteiger partial charge in [-0.1, -0.05) is 12.1 Å². The Morgan fingerprint density at radius 2 is 1.84 bits per heavy atom. The van der Waals surface area contributed by atoms with E-state index in [4.69, 9.17) is 5.73 Å². The summed E-state index contributed by atoms with van der Waals surface area (Å²) in [5.41, 5.74) is 7.24. The first-order valence-corrected chi connectivity index (χ1v) is 9.13. The largest absolute Gasteiger partial charge is 0.369 e. The highest BCUT2D eigenvalue weighted by atomic mass is 16.1. The van der Waals surface area contributed by atoms with Gasteiger partial charge in [-0.25, -0.2) is 0 Å². The summed E-state index contributed by atoms with van der Waals surface area (Å²) in [6, 6.07) is 10.9. The number of amides is 1. The van der Waals surface area contributed by atoms with Gasteiger partial charge in [-0.15, -0.1) is 0 Å². The number of carbonyl (C=O) groups excluding carboxylic acids is 1. The fourth-order valence-electron chi connectivity index (χ4n) is 5.54. The van der Waals surface area contributed by atoms with E-state index in [2.05, 4.69) is 29.3 Å². The standard InChI is InChI=1S/C21H19N3O/c22-12-20(10-18(20)3-4-18)15-2-1-13-9-24-16(8-14(13)7-15)21(17(23)25)11-19(21)5-6-19/h1-2,7-9H,3-6,10-11H2,(H2,23,25). The quantitative estimate of drug-likeness (QED) is 0.939. The molecule has 2 aromatic rings. The predicted octanol–water partition coefficient (Wildman–Crippen LogP) is 3.09. The van der Waals surface area contributed by atoms with Gasteiger partial charge < -0.3 is 5.73 Å². The highest BCUT2D eigenvalue weighted by Gasteiger charge is 2.78. The second kappa shape index (κ2) is 3.72. The minimum absolute atomic E-state index is 0.0968. The lowest BCUT2D eigenvalue weighted by molar-refractivity contribution is -0.121.